The molecule has 0 N–H and O–H groups in total. The van der Waals surface area contributed by atoms with Gasteiger partial charge in [0.2, 0.25) is 0 Å². The first-order valence-corrected chi connectivity index (χ1v) is 43.0. The summed E-state index contributed by atoms with van der Waals surface area (Å²) in [7, 11) is 5.86. The van der Waals surface area contributed by atoms with Gasteiger partial charge >= 0.3 is 11.9 Å². The number of hydrogen-bond acceptors (Lipinski definition) is 20. The Morgan fingerprint density at radius 2 is 0.982 bits per heavy atom. The molecule has 0 saturated carbocycles. The van der Waals surface area contributed by atoms with Crippen molar-refractivity contribution in [2.75, 3.05) is 14.2 Å². The van der Waals surface area contributed by atoms with Crippen molar-refractivity contribution in [3.05, 3.63) is 231 Å². The number of aldehydes is 1. The molecule has 1 unspecified atom stereocenters. The van der Waals surface area contributed by atoms with Gasteiger partial charge in [-0.25, -0.2) is 19.6 Å². The summed E-state index contributed by atoms with van der Waals surface area (Å²) in [5, 5.41) is 3.27. The maximum Gasteiger partial charge on any atom is 0.333 e. The van der Waals surface area contributed by atoms with Crippen LogP contribution < -0.4 is 9.80 Å². The first kappa shape index (κ1) is 76.4. The van der Waals surface area contributed by atoms with Crippen molar-refractivity contribution in [3.63, 3.8) is 0 Å². The highest BCUT2D eigenvalue weighted by atomic mass is 127. The van der Waals surface area contributed by atoms with Crippen LogP contribution in [-0.2, 0) is 75.3 Å². The van der Waals surface area contributed by atoms with E-state index in [0.29, 0.717) is 55.0 Å². The monoisotopic (exact) mass is 1670 g/mol. The van der Waals surface area contributed by atoms with Crippen molar-refractivity contribution in [3.8, 4) is 52.5 Å². The summed E-state index contributed by atoms with van der Waals surface area (Å²) in [4.78, 5) is 119. The minimum atomic E-state index is -0.611. The third kappa shape index (κ3) is 17.6. The Labute approximate surface area is 678 Å². The van der Waals surface area contributed by atoms with E-state index >= 15 is 0 Å². The van der Waals surface area contributed by atoms with Crippen LogP contribution in [0.4, 0.5) is 28.4 Å². The number of nitrogens with zero attached hydrogens (tertiary/aromatic N) is 8. The van der Waals surface area contributed by atoms with Crippen molar-refractivity contribution < 1.29 is 43.2 Å². The summed E-state index contributed by atoms with van der Waals surface area (Å²) in [5.74, 6) is -3.12. The van der Waals surface area contributed by atoms with Gasteiger partial charge in [0.05, 0.1) is 29.3 Å². The highest BCUT2D eigenvalue weighted by molar-refractivity contribution is 14.1. The third-order valence-corrected chi connectivity index (χ3v) is 25.7. The van der Waals surface area contributed by atoms with E-state index in [-0.39, 0.29) is 44.4 Å². The lowest BCUT2D eigenvalue weighted by molar-refractivity contribution is -0.197. The van der Waals surface area contributed by atoms with Crippen LogP contribution in [0.5, 0.6) is 0 Å². The summed E-state index contributed by atoms with van der Waals surface area (Å²) in [6.07, 6.45) is 19.0. The standard InChI is InChI=1S/C87H76BIN8O9S5/c88-51-3-1-9-55-17-29-61(30-18-55)94(63-33-21-57(22-34-63)11-5-15-78(103)105-96-74(99)47-48-75(96)100)65-37-25-59(26-38-65)68-43-45-70(109-68)80-84-85(91-83(82(90-84)72-14-8-54-107-72)73-42-41-67(108-73)13-7-53-98)81(87-86(80)92-111-93-87)71-46-44-69(110-71)60-27-39-66(40-28-60)95(62-31-19-56(20-32-62)10-2-4-52-89)64-35-23-58(24-36-64)12-6-16-79(104)106-97-76(101)49-50-77(97)102/h8,14,17-27,29-46,53-54,60H,1-7,9-13,15-16,28,47-52H2. The number of carbonyl (C=O) groups is 7. The highest BCUT2D eigenvalue weighted by Gasteiger charge is 2.35. The predicted octanol–water partition coefficient (Wildman–Crippen LogP) is 21.1. The largest absolute Gasteiger partial charge is 0.333 e. The van der Waals surface area contributed by atoms with Crippen molar-refractivity contribution in [1.82, 2.24) is 28.8 Å². The molecule has 17 nitrogen and oxygen atoms in total. The minimum Gasteiger partial charge on any atom is -0.330 e. The van der Waals surface area contributed by atoms with Gasteiger partial charge in [-0.05, 0) is 217 Å². The number of hydroxylamine groups is 4. The second-order valence-corrected chi connectivity index (χ2v) is 33.5. The molecule has 8 heterocycles. The molecule has 2 saturated heterocycles. The average Bonchev–Trinajstić information content (AvgIpc) is 1.63. The van der Waals surface area contributed by atoms with Crippen LogP contribution in [0.15, 0.2) is 199 Å². The molecular formula is C87H76BIN8O9S5. The molecule has 6 aromatic carbocycles. The first-order chi connectivity index (χ1) is 54.3. The summed E-state index contributed by atoms with van der Waals surface area (Å²) < 4.78 is 11.4. The predicted molar refractivity (Wildman–Crippen MR) is 453 cm³/mol. The lowest BCUT2D eigenvalue weighted by Gasteiger charge is -2.29. The van der Waals surface area contributed by atoms with Crippen molar-refractivity contribution in [2.45, 2.75) is 134 Å². The molecule has 12 aromatic rings. The Balaban J connectivity index is 0.731. The fourth-order valence-corrected chi connectivity index (χ4v) is 19.2. The Hall–Kier alpha value is -9.96. The number of aryl methyl sites for hydroxylation is 5. The maximum absolute atomic E-state index is 12.7. The number of rotatable bonds is 33. The van der Waals surface area contributed by atoms with Crippen LogP contribution in [0.3, 0.4) is 0 Å². The number of imide groups is 2. The van der Waals surface area contributed by atoms with Crippen LogP contribution in [0, 0.1) is 0 Å². The second kappa shape index (κ2) is 35.6. The molecule has 3 aliphatic rings. The molecule has 24 heteroatoms. The van der Waals surface area contributed by atoms with Crippen molar-refractivity contribution >= 4 is 180 Å². The van der Waals surface area contributed by atoms with Gasteiger partial charge in [-0.3, -0.25) is 19.2 Å². The molecule has 2 fully saturated rings. The SMILES string of the molecule is [B]CCCCc1ccc(N(c2ccc(CCCC(=O)ON3C(=O)CCC3=O)cc2)c2ccc(-c3ccc(-c4c5nsnc5c(-c5ccc(C6C=CC(N(c7ccc(CCCCI)cc7)c7ccc(CCCC(=O)ON8C(=O)CCC8=O)cc7)=CC6)s5)c5nc(-c6ccc(CCC=O)s6)c(-c6cccs6)nc45)s3)cc2)cc1. The van der Waals surface area contributed by atoms with Gasteiger partial charge in [-0.1, -0.05) is 114 Å². The zero-order chi connectivity index (χ0) is 76.3. The molecule has 2 aliphatic heterocycles. The molecular weight excluding hydrogens is 1600 g/mol. The average molecular weight is 1680 g/mol. The second-order valence-electron chi connectivity index (χ2n) is 27.5. The van der Waals surface area contributed by atoms with Crippen LogP contribution in [0.1, 0.15) is 128 Å². The van der Waals surface area contributed by atoms with E-state index < -0.39 is 35.6 Å². The Bertz CT molecular complexity index is 5430. The number of unbranched alkanes of at least 4 members (excludes halogenated alkanes) is 2. The first-order valence-electron chi connectivity index (χ1n) is 37.5. The molecule has 0 bridgehead atoms. The zero-order valence-electron chi connectivity index (χ0n) is 60.7. The Kier molecular flexibility index (Phi) is 24.5. The molecule has 15 rings (SSSR count). The molecule has 4 amide bonds. The van der Waals surface area contributed by atoms with Crippen LogP contribution in [-0.4, -0.2) is 83.0 Å². The number of aromatic nitrogens is 4. The Morgan fingerprint density at radius 1 is 0.505 bits per heavy atom. The van der Waals surface area contributed by atoms with Gasteiger partial charge < -0.3 is 24.3 Å². The molecule has 2 radical (unpaired) electrons. The van der Waals surface area contributed by atoms with E-state index in [1.54, 1.807) is 45.3 Å². The van der Waals surface area contributed by atoms with Gasteiger partial charge in [0.25, 0.3) is 23.6 Å². The topological polar surface area (TPSA) is 202 Å². The number of fused-ring (bicyclic) bond motifs is 2. The van der Waals surface area contributed by atoms with E-state index in [1.807, 2.05) is 6.07 Å². The number of allylic oxidation sites excluding steroid dienone is 3. The molecule has 1 atom stereocenters. The number of halogens is 1. The Morgan fingerprint density at radius 3 is 1.48 bits per heavy atom. The van der Waals surface area contributed by atoms with E-state index in [4.69, 9.17) is 36.2 Å². The number of alkyl halides is 1. The van der Waals surface area contributed by atoms with Gasteiger partial charge in [-0.2, -0.15) is 8.75 Å². The molecule has 6 aromatic heterocycles. The number of hydrogen-bond donors (Lipinski definition) is 0. The maximum atomic E-state index is 12.7. The van der Waals surface area contributed by atoms with Crippen LogP contribution in [0.2, 0.25) is 6.32 Å². The van der Waals surface area contributed by atoms with Gasteiger partial charge in [-0.15, -0.1) is 55.5 Å². The number of anilines is 5. The van der Waals surface area contributed by atoms with Gasteiger partial charge in [0.15, 0.2) is 0 Å². The van der Waals surface area contributed by atoms with Gasteiger partial charge in [0, 0.05) is 121 Å². The molecule has 558 valence electrons. The lowest BCUT2D eigenvalue weighted by atomic mass is 9.96. The number of amides is 4. The summed E-state index contributed by atoms with van der Waals surface area (Å²) in [6, 6.07) is 60.1. The molecule has 111 heavy (non-hydrogen) atoms. The molecule has 0 spiro atoms. The number of carbonyl (C=O) groups excluding carboxylic acids is 7. The van der Waals surface area contributed by atoms with E-state index in [9.17, 15) is 33.6 Å². The highest BCUT2D eigenvalue weighted by Crippen LogP contribution is 2.50. The van der Waals surface area contributed by atoms with E-state index in [0.717, 1.165) is 174 Å². The van der Waals surface area contributed by atoms with E-state index in [1.165, 1.54) is 34.2 Å². The quantitative estimate of drug-likeness (QED) is 0.00937. The van der Waals surface area contributed by atoms with Gasteiger partial charge in [0.1, 0.15) is 39.7 Å². The minimum absolute atomic E-state index is 0.0467. The van der Waals surface area contributed by atoms with E-state index in [2.05, 4.69) is 220 Å². The smallest absolute Gasteiger partial charge is 0.330 e. The summed E-state index contributed by atoms with van der Waals surface area (Å²) >= 11 is 10.3. The lowest BCUT2D eigenvalue weighted by Crippen LogP contribution is -2.31. The fraction of sp³-hybridized carbons (Fsp3) is 0.253. The summed E-state index contributed by atoms with van der Waals surface area (Å²) in [5.41, 5.74) is 17.8. The van der Waals surface area contributed by atoms with Crippen LogP contribution in [0.25, 0.3) is 74.5 Å². The molecule has 1 aliphatic carbocycles. The number of thiophene rings is 4. The normalized spacial score (nSPS) is 14.3. The summed E-state index contributed by atoms with van der Waals surface area (Å²) in [6.45, 7) is 0. The third-order valence-electron chi connectivity index (χ3n) is 20.0. The zero-order valence-corrected chi connectivity index (χ0v) is 67.0. The number of benzene rings is 6. The van der Waals surface area contributed by atoms with Crippen molar-refractivity contribution in [1.29, 1.82) is 0 Å². The fourth-order valence-electron chi connectivity index (χ4n) is 14.2. The van der Waals surface area contributed by atoms with Crippen LogP contribution >= 0.6 is 79.7 Å². The van der Waals surface area contributed by atoms with Crippen molar-refractivity contribution in [2.24, 2.45) is 0 Å².